The van der Waals surface area contributed by atoms with Gasteiger partial charge in [0.2, 0.25) is 0 Å². The van der Waals surface area contributed by atoms with E-state index in [-0.39, 0.29) is 0 Å². The summed E-state index contributed by atoms with van der Waals surface area (Å²) in [6.07, 6.45) is 42.1. The Hall–Kier alpha value is -0.330. The molecule has 4 saturated carbocycles. The zero-order chi connectivity index (χ0) is 29.4. The molecule has 2 atom stereocenters. The molecule has 42 heavy (non-hydrogen) atoms. The summed E-state index contributed by atoms with van der Waals surface area (Å²) < 4.78 is 0. The summed E-state index contributed by atoms with van der Waals surface area (Å²) >= 11 is 0. The Labute approximate surface area is 263 Å². The second-order valence-corrected chi connectivity index (χ2v) is 16.2. The maximum Gasteiger partial charge on any atom is 0.140 e. The smallest absolute Gasteiger partial charge is 0.140 e. The standard InChI is InChI=1S/C41H74O/c1-3-5-7-9-13-19-33-25-29-37(30-26-33)39(35-21-15-11-16-22-35)41(42)40(36-23-17-12-18-24-36)38-31-27-34(28-32-38)20-14-10-8-6-4-2/h33-40H,3-32H2,1-2H3/t33-,34-,37-,38-,39?,40?. The molecule has 0 heterocycles. The van der Waals surface area contributed by atoms with E-state index in [4.69, 9.17) is 0 Å². The minimum absolute atomic E-state index is 0.416. The lowest BCUT2D eigenvalue weighted by Crippen LogP contribution is -2.43. The number of hydrogen-bond acceptors (Lipinski definition) is 1. The van der Waals surface area contributed by atoms with Gasteiger partial charge in [-0.15, -0.1) is 0 Å². The third-order valence-corrected chi connectivity index (χ3v) is 13.2. The van der Waals surface area contributed by atoms with Gasteiger partial charge in [-0.3, -0.25) is 4.79 Å². The van der Waals surface area contributed by atoms with Crippen LogP contribution >= 0.6 is 0 Å². The Morgan fingerprint density at radius 3 is 1.12 bits per heavy atom. The summed E-state index contributed by atoms with van der Waals surface area (Å²) in [6.45, 7) is 4.65. The normalized spacial score (nSPS) is 29.8. The van der Waals surface area contributed by atoms with Crippen molar-refractivity contribution in [3.05, 3.63) is 0 Å². The number of hydrogen-bond donors (Lipinski definition) is 0. The molecule has 4 aliphatic carbocycles. The van der Waals surface area contributed by atoms with Crippen molar-refractivity contribution in [2.45, 2.75) is 206 Å². The molecule has 4 aliphatic rings. The van der Waals surface area contributed by atoms with E-state index in [1.165, 1.54) is 193 Å². The van der Waals surface area contributed by atoms with Gasteiger partial charge in [0.25, 0.3) is 0 Å². The van der Waals surface area contributed by atoms with E-state index < -0.39 is 0 Å². The lowest BCUT2D eigenvalue weighted by molar-refractivity contribution is -0.137. The first-order valence-electron chi connectivity index (χ1n) is 20.2. The predicted octanol–water partition coefficient (Wildman–Crippen LogP) is 13.3. The van der Waals surface area contributed by atoms with E-state index in [1.54, 1.807) is 0 Å². The molecule has 0 aliphatic heterocycles. The lowest BCUT2D eigenvalue weighted by atomic mass is 9.59. The highest BCUT2D eigenvalue weighted by Gasteiger charge is 2.45. The number of carbonyl (C=O) groups excluding carboxylic acids is 1. The zero-order valence-electron chi connectivity index (χ0n) is 28.7. The molecule has 0 N–H and O–H groups in total. The van der Waals surface area contributed by atoms with Crippen molar-refractivity contribution in [1.82, 2.24) is 0 Å². The van der Waals surface area contributed by atoms with Crippen LogP contribution < -0.4 is 0 Å². The molecule has 0 saturated heterocycles. The molecule has 1 nitrogen and oxygen atoms in total. The van der Waals surface area contributed by atoms with Crippen LogP contribution in [0.2, 0.25) is 0 Å². The number of carbonyl (C=O) groups is 1. The van der Waals surface area contributed by atoms with Crippen LogP contribution in [0.1, 0.15) is 206 Å². The molecule has 244 valence electrons. The molecule has 1 heteroatoms. The minimum Gasteiger partial charge on any atom is -0.299 e. The van der Waals surface area contributed by atoms with Crippen molar-refractivity contribution in [1.29, 1.82) is 0 Å². The Balaban J connectivity index is 1.38. The van der Waals surface area contributed by atoms with Crippen molar-refractivity contribution in [2.75, 3.05) is 0 Å². The van der Waals surface area contributed by atoms with Crippen molar-refractivity contribution >= 4 is 5.78 Å². The third kappa shape index (κ3) is 10.9. The van der Waals surface area contributed by atoms with Crippen LogP contribution in [-0.4, -0.2) is 5.78 Å². The van der Waals surface area contributed by atoms with Crippen LogP contribution in [0.15, 0.2) is 0 Å². The summed E-state index contributed by atoms with van der Waals surface area (Å²) in [5, 5.41) is 0. The first kappa shape index (κ1) is 34.5. The average molecular weight is 583 g/mol. The summed E-state index contributed by atoms with van der Waals surface area (Å²) in [6, 6.07) is 0. The molecular formula is C41H74O. The Morgan fingerprint density at radius 1 is 0.429 bits per heavy atom. The van der Waals surface area contributed by atoms with Crippen molar-refractivity contribution in [3.63, 3.8) is 0 Å². The molecule has 0 aromatic carbocycles. The number of rotatable bonds is 18. The van der Waals surface area contributed by atoms with Gasteiger partial charge in [-0.05, 0) is 86.9 Å². The Morgan fingerprint density at radius 2 is 0.762 bits per heavy atom. The highest BCUT2D eigenvalue weighted by Crippen LogP contribution is 2.49. The van der Waals surface area contributed by atoms with Gasteiger partial charge >= 0.3 is 0 Å². The lowest BCUT2D eigenvalue weighted by Gasteiger charge is -2.44. The van der Waals surface area contributed by atoms with Crippen molar-refractivity contribution < 1.29 is 4.79 Å². The molecular weight excluding hydrogens is 508 g/mol. The van der Waals surface area contributed by atoms with Gasteiger partial charge in [0.05, 0.1) is 0 Å². The third-order valence-electron chi connectivity index (χ3n) is 13.2. The predicted molar refractivity (Wildman–Crippen MR) is 183 cm³/mol. The van der Waals surface area contributed by atoms with Crippen LogP contribution in [0.4, 0.5) is 0 Å². The highest BCUT2D eigenvalue weighted by molar-refractivity contribution is 5.84. The maximum absolute atomic E-state index is 15.1. The van der Waals surface area contributed by atoms with E-state index in [9.17, 15) is 0 Å². The Kier molecular flexibility index (Phi) is 16.4. The number of Topliss-reactive ketones (excluding diaryl/α,β-unsaturated/α-hetero) is 1. The fourth-order valence-electron chi connectivity index (χ4n) is 10.7. The van der Waals surface area contributed by atoms with Crippen molar-refractivity contribution in [2.24, 2.45) is 47.3 Å². The topological polar surface area (TPSA) is 17.1 Å². The summed E-state index contributed by atoms with van der Waals surface area (Å²) in [5.41, 5.74) is 0. The molecule has 2 unspecified atom stereocenters. The maximum atomic E-state index is 15.1. The van der Waals surface area contributed by atoms with Gasteiger partial charge in [-0.1, -0.05) is 155 Å². The molecule has 0 aromatic heterocycles. The van der Waals surface area contributed by atoms with E-state index in [0.29, 0.717) is 35.5 Å². The Bertz CT molecular complexity index is 626. The van der Waals surface area contributed by atoms with E-state index in [2.05, 4.69) is 13.8 Å². The van der Waals surface area contributed by atoms with Gasteiger partial charge < -0.3 is 0 Å². The van der Waals surface area contributed by atoms with Gasteiger partial charge in [0.15, 0.2) is 0 Å². The first-order valence-corrected chi connectivity index (χ1v) is 20.2. The fourth-order valence-corrected chi connectivity index (χ4v) is 10.7. The van der Waals surface area contributed by atoms with E-state index in [1.807, 2.05) is 0 Å². The molecule has 0 spiro atoms. The second kappa shape index (κ2) is 19.9. The molecule has 4 fully saturated rings. The molecule has 0 aromatic rings. The largest absolute Gasteiger partial charge is 0.299 e. The van der Waals surface area contributed by atoms with Crippen LogP contribution in [0.25, 0.3) is 0 Å². The fraction of sp³-hybridized carbons (Fsp3) is 0.976. The van der Waals surface area contributed by atoms with E-state index >= 15 is 4.79 Å². The van der Waals surface area contributed by atoms with Gasteiger partial charge in [-0.25, -0.2) is 0 Å². The molecule has 4 rings (SSSR count). The van der Waals surface area contributed by atoms with Gasteiger partial charge in [0.1, 0.15) is 5.78 Å². The SMILES string of the molecule is CCCCCCC[C@H]1CC[C@H](C(C(=O)C(C2CCCCC2)[C@H]2CC[C@H](CCCCCCC)CC2)C2CCCCC2)CC1. The number of unbranched alkanes of at least 4 members (excludes halogenated alkanes) is 8. The van der Waals surface area contributed by atoms with Crippen LogP contribution in [-0.2, 0) is 4.79 Å². The van der Waals surface area contributed by atoms with E-state index in [0.717, 1.165) is 17.6 Å². The summed E-state index contributed by atoms with van der Waals surface area (Å²) in [4.78, 5) is 15.1. The average Bonchev–Trinajstić information content (AvgIpc) is 3.04. The van der Waals surface area contributed by atoms with Gasteiger partial charge in [0, 0.05) is 11.8 Å². The van der Waals surface area contributed by atoms with Gasteiger partial charge in [-0.2, -0.15) is 0 Å². The molecule has 0 amide bonds. The molecule has 0 bridgehead atoms. The summed E-state index contributed by atoms with van der Waals surface area (Å²) in [7, 11) is 0. The van der Waals surface area contributed by atoms with Crippen molar-refractivity contribution in [3.8, 4) is 0 Å². The second-order valence-electron chi connectivity index (χ2n) is 16.2. The quantitative estimate of drug-likeness (QED) is 0.147. The van der Waals surface area contributed by atoms with Crippen LogP contribution in [0.3, 0.4) is 0 Å². The first-order chi connectivity index (χ1) is 20.7. The molecule has 0 radical (unpaired) electrons. The number of ketones is 1. The minimum atomic E-state index is 0.416. The van der Waals surface area contributed by atoms with Crippen LogP contribution in [0.5, 0.6) is 0 Å². The highest BCUT2D eigenvalue weighted by atomic mass is 16.1. The summed E-state index contributed by atoms with van der Waals surface area (Å²) in [5.74, 6) is 6.43. The van der Waals surface area contributed by atoms with Crippen LogP contribution in [0, 0.1) is 47.3 Å². The zero-order valence-corrected chi connectivity index (χ0v) is 28.7. The monoisotopic (exact) mass is 583 g/mol.